The van der Waals surface area contributed by atoms with Crippen molar-refractivity contribution in [1.82, 2.24) is 20.0 Å². The smallest absolute Gasteiger partial charge is 0.322 e. The molecule has 0 atom stereocenters. The Balaban J connectivity index is 1.79. The summed E-state index contributed by atoms with van der Waals surface area (Å²) in [5.41, 5.74) is 1.05. The minimum absolute atomic E-state index is 0.00343. The van der Waals surface area contributed by atoms with Crippen molar-refractivity contribution in [2.24, 2.45) is 0 Å². The van der Waals surface area contributed by atoms with Crippen LogP contribution in [0.15, 0.2) is 34.9 Å². The third-order valence-corrected chi connectivity index (χ3v) is 3.67. The Morgan fingerprint density at radius 2 is 1.92 bits per heavy atom. The van der Waals surface area contributed by atoms with Crippen molar-refractivity contribution < 1.29 is 18.7 Å². The molecule has 0 fully saturated rings. The number of carbonyl (C=O) groups excluding carboxylic acids is 1. The molecule has 2 heterocycles. The summed E-state index contributed by atoms with van der Waals surface area (Å²) in [5, 5.41) is 14.6. The largest absolute Gasteiger partial charge is 0.493 e. The third kappa shape index (κ3) is 3.37. The first-order chi connectivity index (χ1) is 12.5. The fourth-order valence-electron chi connectivity index (χ4n) is 2.42. The number of hydrogen-bond acceptors (Lipinski definition) is 7. The maximum Gasteiger partial charge on any atom is 0.322 e. The summed E-state index contributed by atoms with van der Waals surface area (Å²) in [4.78, 5) is 12.4. The SMILES string of the molecule is COc1ccc(C(=O)Nc2nnc(-c3ccnn3C(C)C)o2)cc1OC. The summed E-state index contributed by atoms with van der Waals surface area (Å²) in [6.45, 7) is 3.99. The Kier molecular flexibility index (Phi) is 4.87. The van der Waals surface area contributed by atoms with Crippen LogP contribution in [-0.2, 0) is 0 Å². The molecule has 9 heteroatoms. The van der Waals surface area contributed by atoms with Crippen LogP contribution in [0.3, 0.4) is 0 Å². The first-order valence-electron chi connectivity index (χ1n) is 7.94. The van der Waals surface area contributed by atoms with Gasteiger partial charge in [0.05, 0.1) is 14.2 Å². The number of aromatic nitrogens is 4. The highest BCUT2D eigenvalue weighted by atomic mass is 16.5. The van der Waals surface area contributed by atoms with Gasteiger partial charge >= 0.3 is 6.01 Å². The van der Waals surface area contributed by atoms with E-state index in [0.717, 1.165) is 0 Å². The number of rotatable bonds is 6. The van der Waals surface area contributed by atoms with E-state index in [9.17, 15) is 4.79 Å². The molecule has 3 aromatic rings. The number of nitrogens with one attached hydrogen (secondary N) is 1. The molecule has 0 bridgehead atoms. The molecule has 1 N–H and O–H groups in total. The molecule has 1 amide bonds. The molecule has 0 saturated heterocycles. The fourth-order valence-corrected chi connectivity index (χ4v) is 2.42. The second kappa shape index (κ2) is 7.26. The van der Waals surface area contributed by atoms with Gasteiger partial charge in [0, 0.05) is 17.8 Å². The second-order valence-electron chi connectivity index (χ2n) is 5.69. The van der Waals surface area contributed by atoms with Crippen LogP contribution in [0.1, 0.15) is 30.2 Å². The van der Waals surface area contributed by atoms with Crippen molar-refractivity contribution >= 4 is 11.9 Å². The van der Waals surface area contributed by atoms with Gasteiger partial charge in [-0.1, -0.05) is 5.10 Å². The predicted molar refractivity (Wildman–Crippen MR) is 93.4 cm³/mol. The molecular formula is C17H19N5O4. The summed E-state index contributed by atoms with van der Waals surface area (Å²) >= 11 is 0. The summed E-state index contributed by atoms with van der Waals surface area (Å²) in [5.74, 6) is 0.857. The number of nitrogens with zero attached hydrogens (tertiary/aromatic N) is 4. The molecule has 1 aromatic carbocycles. The molecule has 0 aliphatic heterocycles. The first kappa shape index (κ1) is 17.5. The highest BCUT2D eigenvalue weighted by molar-refractivity contribution is 6.03. The zero-order chi connectivity index (χ0) is 18.7. The molecule has 2 aromatic heterocycles. The highest BCUT2D eigenvalue weighted by Crippen LogP contribution is 2.28. The van der Waals surface area contributed by atoms with E-state index in [1.165, 1.54) is 14.2 Å². The van der Waals surface area contributed by atoms with Gasteiger partial charge in [-0.05, 0) is 38.1 Å². The van der Waals surface area contributed by atoms with Crippen LogP contribution in [-0.4, -0.2) is 40.1 Å². The Morgan fingerprint density at radius 1 is 1.15 bits per heavy atom. The van der Waals surface area contributed by atoms with Gasteiger partial charge in [-0.15, -0.1) is 5.10 Å². The first-order valence-corrected chi connectivity index (χ1v) is 7.94. The Morgan fingerprint density at radius 3 is 2.62 bits per heavy atom. The van der Waals surface area contributed by atoms with Crippen LogP contribution in [0.5, 0.6) is 11.5 Å². The minimum Gasteiger partial charge on any atom is -0.493 e. The lowest BCUT2D eigenvalue weighted by molar-refractivity contribution is 0.102. The van der Waals surface area contributed by atoms with Crippen LogP contribution in [0.2, 0.25) is 0 Å². The maximum atomic E-state index is 12.4. The van der Waals surface area contributed by atoms with E-state index in [1.807, 2.05) is 13.8 Å². The number of methoxy groups -OCH3 is 2. The summed E-state index contributed by atoms with van der Waals surface area (Å²) in [6.07, 6.45) is 1.65. The summed E-state index contributed by atoms with van der Waals surface area (Å²) < 4.78 is 17.7. The molecule has 0 aliphatic rings. The van der Waals surface area contributed by atoms with Gasteiger partial charge in [0.25, 0.3) is 11.8 Å². The molecule has 3 rings (SSSR count). The van der Waals surface area contributed by atoms with Crippen molar-refractivity contribution in [1.29, 1.82) is 0 Å². The molecule has 0 radical (unpaired) electrons. The molecule has 136 valence electrons. The minimum atomic E-state index is -0.404. The van der Waals surface area contributed by atoms with Crippen molar-refractivity contribution in [3.05, 3.63) is 36.0 Å². The molecule has 0 unspecified atom stereocenters. The lowest BCUT2D eigenvalue weighted by Gasteiger charge is -2.09. The summed E-state index contributed by atoms with van der Waals surface area (Å²) in [7, 11) is 3.03. The predicted octanol–water partition coefficient (Wildman–Crippen LogP) is 2.78. The van der Waals surface area contributed by atoms with Gasteiger partial charge in [-0.2, -0.15) is 5.10 Å². The standard InChI is InChI=1S/C17H19N5O4/c1-10(2)22-12(7-8-18-22)16-20-21-17(26-16)19-15(23)11-5-6-13(24-3)14(9-11)25-4/h5-10H,1-4H3,(H,19,21,23). The zero-order valence-electron chi connectivity index (χ0n) is 14.9. The highest BCUT2D eigenvalue weighted by Gasteiger charge is 2.17. The monoisotopic (exact) mass is 357 g/mol. The number of amides is 1. The Labute approximate surface area is 149 Å². The van der Waals surface area contributed by atoms with E-state index in [4.69, 9.17) is 13.9 Å². The van der Waals surface area contributed by atoms with E-state index < -0.39 is 5.91 Å². The van der Waals surface area contributed by atoms with Crippen molar-refractivity contribution in [2.45, 2.75) is 19.9 Å². The summed E-state index contributed by atoms with van der Waals surface area (Å²) in [6, 6.07) is 6.73. The van der Waals surface area contributed by atoms with Gasteiger partial charge in [0.1, 0.15) is 5.69 Å². The molecule has 9 nitrogen and oxygen atoms in total. The number of anilines is 1. The van der Waals surface area contributed by atoms with E-state index in [0.29, 0.717) is 22.8 Å². The fraction of sp³-hybridized carbons (Fsp3) is 0.294. The molecule has 0 aliphatic carbocycles. The van der Waals surface area contributed by atoms with Gasteiger partial charge in [-0.25, -0.2) is 0 Å². The molecule has 0 spiro atoms. The number of carbonyl (C=O) groups is 1. The lowest BCUT2D eigenvalue weighted by Crippen LogP contribution is -2.12. The number of benzene rings is 1. The van der Waals surface area contributed by atoms with Gasteiger partial charge in [0.15, 0.2) is 11.5 Å². The average Bonchev–Trinajstić information content (AvgIpc) is 3.29. The van der Waals surface area contributed by atoms with Gasteiger partial charge < -0.3 is 13.9 Å². The molecular weight excluding hydrogens is 338 g/mol. The van der Waals surface area contributed by atoms with E-state index in [2.05, 4.69) is 20.6 Å². The zero-order valence-corrected chi connectivity index (χ0v) is 14.9. The van der Waals surface area contributed by atoms with Crippen molar-refractivity contribution in [3.63, 3.8) is 0 Å². The van der Waals surface area contributed by atoms with E-state index >= 15 is 0 Å². The third-order valence-electron chi connectivity index (χ3n) is 3.67. The van der Waals surface area contributed by atoms with Gasteiger partial charge in [0.2, 0.25) is 0 Å². The van der Waals surface area contributed by atoms with Crippen LogP contribution in [0.25, 0.3) is 11.6 Å². The number of ether oxygens (including phenoxy) is 2. The Bertz CT molecular complexity index is 916. The van der Waals surface area contributed by atoms with Crippen LogP contribution >= 0.6 is 0 Å². The van der Waals surface area contributed by atoms with E-state index in [1.54, 1.807) is 35.1 Å². The molecule has 26 heavy (non-hydrogen) atoms. The quantitative estimate of drug-likeness (QED) is 0.723. The van der Waals surface area contributed by atoms with Crippen molar-refractivity contribution in [2.75, 3.05) is 19.5 Å². The average molecular weight is 357 g/mol. The second-order valence-corrected chi connectivity index (χ2v) is 5.69. The lowest BCUT2D eigenvalue weighted by atomic mass is 10.2. The normalized spacial score (nSPS) is 10.8. The number of hydrogen-bond donors (Lipinski definition) is 1. The van der Waals surface area contributed by atoms with Crippen molar-refractivity contribution in [3.8, 4) is 23.1 Å². The maximum absolute atomic E-state index is 12.4. The van der Waals surface area contributed by atoms with Gasteiger partial charge in [-0.3, -0.25) is 14.8 Å². The van der Waals surface area contributed by atoms with Crippen LogP contribution < -0.4 is 14.8 Å². The van der Waals surface area contributed by atoms with E-state index in [-0.39, 0.29) is 17.9 Å². The van der Waals surface area contributed by atoms with Crippen LogP contribution in [0.4, 0.5) is 6.01 Å². The Hall–Kier alpha value is -3.36. The topological polar surface area (TPSA) is 104 Å². The van der Waals surface area contributed by atoms with Crippen LogP contribution in [0, 0.1) is 0 Å². The molecule has 0 saturated carbocycles.